The Bertz CT molecular complexity index is 919. The van der Waals surface area contributed by atoms with Crippen LogP contribution in [-0.2, 0) is 16.0 Å². The second-order valence-electron chi connectivity index (χ2n) is 5.25. The van der Waals surface area contributed by atoms with E-state index in [-0.39, 0.29) is 12.1 Å². The van der Waals surface area contributed by atoms with Gasteiger partial charge in [-0.15, -0.1) is 0 Å². The van der Waals surface area contributed by atoms with E-state index in [4.69, 9.17) is 10.3 Å². The summed E-state index contributed by atoms with van der Waals surface area (Å²) in [4.78, 5) is 40.1. The van der Waals surface area contributed by atoms with Gasteiger partial charge in [-0.25, -0.2) is 9.67 Å². The molecule has 10 heteroatoms. The number of amides is 2. The van der Waals surface area contributed by atoms with E-state index in [1.165, 1.54) is 29.2 Å². The fourth-order valence-electron chi connectivity index (χ4n) is 2.30. The van der Waals surface area contributed by atoms with E-state index in [9.17, 15) is 14.4 Å². The Morgan fingerprint density at radius 1 is 1.15 bits per heavy atom. The summed E-state index contributed by atoms with van der Waals surface area (Å²) in [6.07, 6.45) is 4.30. The van der Waals surface area contributed by atoms with Crippen LogP contribution in [0, 0.1) is 0 Å². The summed E-state index contributed by atoms with van der Waals surface area (Å²) >= 11 is 0. The van der Waals surface area contributed by atoms with Crippen molar-refractivity contribution in [1.29, 1.82) is 0 Å². The van der Waals surface area contributed by atoms with Gasteiger partial charge in [0.25, 0.3) is 11.8 Å². The monoisotopic (exact) mass is 354 g/mol. The Labute approximate surface area is 147 Å². The maximum Gasteiger partial charge on any atom is 0.287 e. The predicted octanol–water partition coefficient (Wildman–Crippen LogP) is -0.349. The summed E-state index contributed by atoms with van der Waals surface area (Å²) in [6, 6.07) is 6.93. The molecule has 3 aromatic heterocycles. The van der Waals surface area contributed by atoms with Crippen molar-refractivity contribution >= 4 is 17.6 Å². The van der Waals surface area contributed by atoms with Crippen LogP contribution in [0.2, 0.25) is 0 Å². The van der Waals surface area contributed by atoms with Gasteiger partial charge in [0.2, 0.25) is 5.78 Å². The van der Waals surface area contributed by atoms with Crippen molar-refractivity contribution in [2.24, 2.45) is 5.73 Å². The van der Waals surface area contributed by atoms with Gasteiger partial charge in [-0.2, -0.15) is 5.10 Å². The molecule has 0 aliphatic carbocycles. The highest BCUT2D eigenvalue weighted by molar-refractivity contribution is 6.38. The molecule has 0 saturated carbocycles. The molecule has 0 radical (unpaired) electrons. The van der Waals surface area contributed by atoms with Crippen LogP contribution >= 0.6 is 0 Å². The van der Waals surface area contributed by atoms with Gasteiger partial charge in [0.05, 0.1) is 12.4 Å². The average Bonchev–Trinajstić information content (AvgIpc) is 3.32. The van der Waals surface area contributed by atoms with E-state index in [2.05, 4.69) is 20.6 Å². The summed E-state index contributed by atoms with van der Waals surface area (Å²) in [5.74, 6) is -1.97. The number of nitrogens with zero attached hydrogens (tertiary/aromatic N) is 4. The van der Waals surface area contributed by atoms with E-state index < -0.39 is 23.6 Å². The number of nitrogens with one attached hydrogen (secondary N) is 1. The van der Waals surface area contributed by atoms with Crippen LogP contribution in [0.15, 0.2) is 53.4 Å². The maximum absolute atomic E-state index is 12.6. The molecule has 26 heavy (non-hydrogen) atoms. The van der Waals surface area contributed by atoms with Gasteiger partial charge in [-0.3, -0.25) is 14.4 Å². The molecule has 0 aromatic carbocycles. The van der Waals surface area contributed by atoms with Crippen molar-refractivity contribution in [2.45, 2.75) is 12.5 Å². The fraction of sp³-hybridized carbons (Fsp3) is 0.125. The Hall–Kier alpha value is -3.82. The Morgan fingerprint density at radius 2 is 2.00 bits per heavy atom. The number of hydrogen-bond donors (Lipinski definition) is 2. The SMILES string of the molecule is NC(=O)C(=O)C(Cc1ccno1)NC(=O)c1ccnn1-c1ccccn1. The lowest BCUT2D eigenvalue weighted by Crippen LogP contribution is -2.47. The first-order chi connectivity index (χ1) is 12.6. The normalized spacial score (nSPS) is 11.7. The van der Waals surface area contributed by atoms with Gasteiger partial charge in [-0.05, 0) is 18.2 Å². The molecule has 0 spiro atoms. The number of carbonyl (C=O) groups is 3. The molecule has 2 amide bonds. The van der Waals surface area contributed by atoms with Gasteiger partial charge in [-0.1, -0.05) is 11.2 Å². The van der Waals surface area contributed by atoms with Crippen LogP contribution in [0.25, 0.3) is 5.82 Å². The van der Waals surface area contributed by atoms with Crippen LogP contribution in [0.1, 0.15) is 16.2 Å². The van der Waals surface area contributed by atoms with Gasteiger partial charge >= 0.3 is 0 Å². The molecule has 3 N–H and O–H groups in total. The molecule has 3 aromatic rings. The van der Waals surface area contributed by atoms with Crippen LogP contribution in [-0.4, -0.2) is 43.6 Å². The van der Waals surface area contributed by atoms with Crippen LogP contribution in [0.4, 0.5) is 0 Å². The molecule has 3 heterocycles. The highest BCUT2D eigenvalue weighted by atomic mass is 16.5. The van der Waals surface area contributed by atoms with Crippen molar-refractivity contribution in [3.8, 4) is 5.82 Å². The number of carbonyl (C=O) groups excluding carboxylic acids is 3. The molecule has 1 atom stereocenters. The molecule has 0 saturated heterocycles. The van der Waals surface area contributed by atoms with Gasteiger partial charge < -0.3 is 15.6 Å². The highest BCUT2D eigenvalue weighted by Gasteiger charge is 2.28. The number of nitrogens with two attached hydrogens (primary N) is 1. The summed E-state index contributed by atoms with van der Waals surface area (Å²) in [5.41, 5.74) is 5.21. The zero-order valence-corrected chi connectivity index (χ0v) is 13.4. The third-order valence-corrected chi connectivity index (χ3v) is 3.50. The Kier molecular flexibility index (Phi) is 4.83. The second kappa shape index (κ2) is 7.38. The minimum absolute atomic E-state index is 0.0642. The van der Waals surface area contributed by atoms with Crippen LogP contribution in [0.5, 0.6) is 0 Å². The lowest BCUT2D eigenvalue weighted by atomic mass is 10.1. The fourth-order valence-corrected chi connectivity index (χ4v) is 2.30. The number of rotatable bonds is 7. The van der Waals surface area contributed by atoms with E-state index >= 15 is 0 Å². The molecular weight excluding hydrogens is 340 g/mol. The van der Waals surface area contributed by atoms with Crippen LogP contribution in [0.3, 0.4) is 0 Å². The summed E-state index contributed by atoms with van der Waals surface area (Å²) < 4.78 is 6.24. The summed E-state index contributed by atoms with van der Waals surface area (Å²) in [7, 11) is 0. The standard InChI is InChI=1S/C16H14N6O4/c17-15(24)14(23)11(9-10-4-8-20-26-10)21-16(25)12-5-7-19-22(12)13-3-1-2-6-18-13/h1-8,11H,9H2,(H2,17,24)(H,21,25). The highest BCUT2D eigenvalue weighted by Crippen LogP contribution is 2.09. The zero-order chi connectivity index (χ0) is 18.5. The van der Waals surface area contributed by atoms with Gasteiger partial charge in [0, 0.05) is 18.7 Å². The third kappa shape index (κ3) is 3.64. The smallest absolute Gasteiger partial charge is 0.287 e. The third-order valence-electron chi connectivity index (χ3n) is 3.50. The molecule has 10 nitrogen and oxygen atoms in total. The first kappa shape index (κ1) is 17.0. The Balaban J connectivity index is 1.83. The topological polar surface area (TPSA) is 146 Å². The molecule has 132 valence electrons. The van der Waals surface area contributed by atoms with E-state index in [1.807, 2.05) is 0 Å². The lowest BCUT2D eigenvalue weighted by molar-refractivity contribution is -0.137. The number of ketones is 1. The zero-order valence-electron chi connectivity index (χ0n) is 13.4. The minimum Gasteiger partial charge on any atom is -0.363 e. The van der Waals surface area contributed by atoms with Crippen molar-refractivity contribution in [1.82, 2.24) is 25.2 Å². The van der Waals surface area contributed by atoms with Crippen LogP contribution < -0.4 is 11.1 Å². The minimum atomic E-state index is -1.19. The van der Waals surface area contributed by atoms with E-state index in [0.717, 1.165) is 0 Å². The van der Waals surface area contributed by atoms with Crippen molar-refractivity contribution < 1.29 is 18.9 Å². The van der Waals surface area contributed by atoms with Gasteiger partial charge in [0.1, 0.15) is 17.5 Å². The largest absolute Gasteiger partial charge is 0.363 e. The van der Waals surface area contributed by atoms with Crippen molar-refractivity contribution in [3.05, 3.63) is 60.4 Å². The van der Waals surface area contributed by atoms with E-state index in [0.29, 0.717) is 11.6 Å². The number of aromatic nitrogens is 4. The van der Waals surface area contributed by atoms with Crippen molar-refractivity contribution in [2.75, 3.05) is 0 Å². The maximum atomic E-state index is 12.6. The number of primary amides is 1. The Morgan fingerprint density at radius 3 is 2.65 bits per heavy atom. The van der Waals surface area contributed by atoms with Crippen molar-refractivity contribution in [3.63, 3.8) is 0 Å². The first-order valence-electron chi connectivity index (χ1n) is 7.56. The quantitative estimate of drug-likeness (QED) is 0.551. The molecule has 3 rings (SSSR count). The first-order valence-corrected chi connectivity index (χ1v) is 7.56. The molecule has 0 aliphatic rings. The predicted molar refractivity (Wildman–Crippen MR) is 87.0 cm³/mol. The summed E-state index contributed by atoms with van der Waals surface area (Å²) in [5, 5.41) is 10.1. The lowest BCUT2D eigenvalue weighted by Gasteiger charge is -2.15. The molecule has 0 fully saturated rings. The van der Waals surface area contributed by atoms with Gasteiger partial charge in [0.15, 0.2) is 5.82 Å². The number of Topliss-reactive ketones (excluding diaryl/α,β-unsaturated/α-hetero) is 1. The number of hydrogen-bond acceptors (Lipinski definition) is 7. The second-order valence-corrected chi connectivity index (χ2v) is 5.25. The summed E-state index contributed by atoms with van der Waals surface area (Å²) in [6.45, 7) is 0. The average molecular weight is 354 g/mol. The molecule has 1 unspecified atom stereocenters. The van der Waals surface area contributed by atoms with E-state index in [1.54, 1.807) is 24.4 Å². The molecular formula is C16H14N6O4. The number of pyridine rings is 1. The molecule has 0 bridgehead atoms. The molecule has 0 aliphatic heterocycles.